The fraction of sp³-hybridized carbons (Fsp3) is 0.750. The number of halogens is 2. The van der Waals surface area contributed by atoms with E-state index in [-0.39, 0.29) is 24.2 Å². The first-order valence-corrected chi connectivity index (χ1v) is 8.06. The number of fused-ring (bicyclic) bond motifs is 2. The minimum absolute atomic E-state index is 0.00368. The van der Waals surface area contributed by atoms with E-state index in [2.05, 4.69) is 17.3 Å². The number of alkyl halides is 2. The number of rotatable bonds is 5. The molecular formula is C16H23F2N3O. The average Bonchev–Trinajstić information content (AvgIpc) is 3.14. The highest BCUT2D eigenvalue weighted by Crippen LogP contribution is 2.49. The third kappa shape index (κ3) is 3.01. The summed E-state index contributed by atoms with van der Waals surface area (Å²) in [5, 5.41) is 6.83. The first-order valence-electron chi connectivity index (χ1n) is 8.06. The van der Waals surface area contributed by atoms with Crippen LogP contribution >= 0.6 is 0 Å². The van der Waals surface area contributed by atoms with Crippen molar-refractivity contribution < 1.29 is 13.6 Å². The molecule has 0 spiro atoms. The summed E-state index contributed by atoms with van der Waals surface area (Å²) in [6.07, 6.45) is 2.54. The molecule has 2 fully saturated rings. The third-order valence-corrected chi connectivity index (χ3v) is 5.34. The number of nitrogens with one attached hydrogen (secondary N) is 1. The molecule has 22 heavy (non-hydrogen) atoms. The van der Waals surface area contributed by atoms with E-state index in [4.69, 9.17) is 0 Å². The maximum absolute atomic E-state index is 12.6. The molecule has 0 saturated heterocycles. The van der Waals surface area contributed by atoms with Crippen molar-refractivity contribution in [2.45, 2.75) is 58.5 Å². The lowest BCUT2D eigenvalue weighted by molar-refractivity contribution is -0.123. The van der Waals surface area contributed by atoms with Gasteiger partial charge in [-0.2, -0.15) is 5.10 Å². The van der Waals surface area contributed by atoms with E-state index in [1.54, 1.807) is 6.92 Å². The van der Waals surface area contributed by atoms with Crippen LogP contribution in [-0.4, -0.2) is 21.7 Å². The zero-order valence-electron chi connectivity index (χ0n) is 13.1. The van der Waals surface area contributed by atoms with Crippen molar-refractivity contribution in [2.75, 3.05) is 0 Å². The fourth-order valence-corrected chi connectivity index (χ4v) is 4.25. The Morgan fingerprint density at radius 2 is 2.23 bits per heavy atom. The Balaban J connectivity index is 1.56. The Morgan fingerprint density at radius 1 is 1.45 bits per heavy atom. The van der Waals surface area contributed by atoms with E-state index in [1.807, 2.05) is 0 Å². The predicted octanol–water partition coefficient (Wildman–Crippen LogP) is 3.07. The molecule has 3 rings (SSSR count). The van der Waals surface area contributed by atoms with Gasteiger partial charge in [-0.3, -0.25) is 9.48 Å². The van der Waals surface area contributed by atoms with Crippen LogP contribution in [0.25, 0.3) is 0 Å². The van der Waals surface area contributed by atoms with Crippen molar-refractivity contribution in [1.82, 2.24) is 15.1 Å². The molecule has 2 aliphatic rings. The molecule has 0 unspecified atom stereocenters. The molecule has 6 heteroatoms. The number of aryl methyl sites for hydroxylation is 1. The van der Waals surface area contributed by atoms with E-state index in [1.165, 1.54) is 36.4 Å². The molecule has 2 bridgehead atoms. The second-order valence-corrected chi connectivity index (χ2v) is 6.86. The predicted molar refractivity (Wildman–Crippen MR) is 78.5 cm³/mol. The number of amides is 1. The molecule has 4 nitrogen and oxygen atoms in total. The van der Waals surface area contributed by atoms with E-state index in [0.29, 0.717) is 11.6 Å². The molecule has 1 N–H and O–H groups in total. The Hall–Kier alpha value is -1.46. The molecule has 2 aliphatic carbocycles. The molecule has 2 saturated carbocycles. The summed E-state index contributed by atoms with van der Waals surface area (Å²) in [6.45, 7) is 3.75. The maximum Gasteiger partial charge on any atom is 0.282 e. The monoisotopic (exact) mass is 311 g/mol. The maximum atomic E-state index is 12.6. The van der Waals surface area contributed by atoms with E-state index < -0.39 is 6.43 Å². The largest absolute Gasteiger partial charge is 0.352 e. The van der Waals surface area contributed by atoms with Crippen LogP contribution < -0.4 is 5.32 Å². The summed E-state index contributed by atoms with van der Waals surface area (Å²) in [5.74, 6) is 2.01. The zero-order valence-corrected chi connectivity index (χ0v) is 13.1. The first-order chi connectivity index (χ1) is 10.4. The Labute approximate surface area is 129 Å². The highest BCUT2D eigenvalue weighted by molar-refractivity contribution is 5.76. The van der Waals surface area contributed by atoms with Gasteiger partial charge in [-0.25, -0.2) is 8.78 Å². The van der Waals surface area contributed by atoms with E-state index in [0.717, 1.165) is 11.8 Å². The summed E-state index contributed by atoms with van der Waals surface area (Å²) in [6, 6.07) is 1.48. The van der Waals surface area contributed by atoms with Crippen LogP contribution in [0.2, 0.25) is 0 Å². The molecule has 1 amide bonds. The van der Waals surface area contributed by atoms with Gasteiger partial charge in [-0.05, 0) is 56.9 Å². The molecule has 1 heterocycles. The Morgan fingerprint density at radius 3 is 2.77 bits per heavy atom. The van der Waals surface area contributed by atoms with Gasteiger partial charge in [0.05, 0.1) is 0 Å². The highest BCUT2D eigenvalue weighted by atomic mass is 19.3. The lowest BCUT2D eigenvalue weighted by atomic mass is 9.84. The smallest absolute Gasteiger partial charge is 0.282 e. The molecule has 0 aromatic carbocycles. The number of carbonyl (C=O) groups is 1. The quantitative estimate of drug-likeness (QED) is 0.908. The van der Waals surface area contributed by atoms with Crippen LogP contribution in [0, 0.1) is 24.7 Å². The number of carbonyl (C=O) groups excluding carboxylic acids is 1. The van der Waals surface area contributed by atoms with Crippen LogP contribution in [0.1, 0.15) is 50.4 Å². The van der Waals surface area contributed by atoms with Crippen molar-refractivity contribution >= 4 is 5.91 Å². The molecule has 0 radical (unpaired) electrons. The normalized spacial score (nSPS) is 28.3. The van der Waals surface area contributed by atoms with Gasteiger partial charge in [0, 0.05) is 11.7 Å². The van der Waals surface area contributed by atoms with Crippen molar-refractivity contribution in [2.24, 2.45) is 17.8 Å². The van der Waals surface area contributed by atoms with Gasteiger partial charge in [-0.1, -0.05) is 6.42 Å². The van der Waals surface area contributed by atoms with Gasteiger partial charge in [0.15, 0.2) is 0 Å². The lowest BCUT2D eigenvalue weighted by Crippen LogP contribution is -2.41. The molecule has 1 aromatic rings. The first kappa shape index (κ1) is 15.4. The molecular weight excluding hydrogens is 288 g/mol. The topological polar surface area (TPSA) is 46.9 Å². The van der Waals surface area contributed by atoms with Gasteiger partial charge in [0.2, 0.25) is 5.91 Å². The van der Waals surface area contributed by atoms with E-state index >= 15 is 0 Å². The summed E-state index contributed by atoms with van der Waals surface area (Å²) >= 11 is 0. The van der Waals surface area contributed by atoms with Gasteiger partial charge < -0.3 is 5.32 Å². The molecule has 1 aromatic heterocycles. The number of aromatic nitrogens is 2. The van der Waals surface area contributed by atoms with Crippen molar-refractivity contribution in [3.05, 3.63) is 17.5 Å². The highest BCUT2D eigenvalue weighted by Gasteiger charge is 2.42. The second kappa shape index (κ2) is 5.97. The molecule has 122 valence electrons. The van der Waals surface area contributed by atoms with Crippen LogP contribution in [0.3, 0.4) is 0 Å². The number of nitrogens with zero attached hydrogens (tertiary/aromatic N) is 2. The number of hydrogen-bond acceptors (Lipinski definition) is 2. The lowest BCUT2D eigenvalue weighted by Gasteiger charge is -2.28. The summed E-state index contributed by atoms with van der Waals surface area (Å²) in [4.78, 5) is 12.2. The van der Waals surface area contributed by atoms with Crippen LogP contribution in [-0.2, 0) is 11.3 Å². The van der Waals surface area contributed by atoms with Crippen molar-refractivity contribution in [3.8, 4) is 0 Å². The molecule has 4 atom stereocenters. The SMILES string of the molecule is Cc1cc(C(F)F)nn1CC(=O)N[C@H](C)[C@H]1C[C@@H]2CC[C@@H]1C2. The van der Waals surface area contributed by atoms with Gasteiger partial charge >= 0.3 is 0 Å². The third-order valence-electron chi connectivity index (χ3n) is 5.34. The molecule has 0 aliphatic heterocycles. The van der Waals surface area contributed by atoms with E-state index in [9.17, 15) is 13.6 Å². The summed E-state index contributed by atoms with van der Waals surface area (Å²) < 4.78 is 26.6. The summed E-state index contributed by atoms with van der Waals surface area (Å²) in [7, 11) is 0. The Bertz CT molecular complexity index is 558. The Kier molecular flexibility index (Phi) is 4.19. The van der Waals surface area contributed by atoms with Crippen molar-refractivity contribution in [1.29, 1.82) is 0 Å². The van der Waals surface area contributed by atoms with Gasteiger partial charge in [-0.15, -0.1) is 0 Å². The van der Waals surface area contributed by atoms with Gasteiger partial charge in [0.1, 0.15) is 12.2 Å². The van der Waals surface area contributed by atoms with Crippen LogP contribution in [0.4, 0.5) is 8.78 Å². The minimum atomic E-state index is -2.60. The average molecular weight is 311 g/mol. The standard InChI is InChI=1S/C16H23F2N3O/c1-9-5-14(16(17)18)20-21(9)8-15(22)19-10(2)13-7-11-3-4-12(13)6-11/h5,10-13,16H,3-4,6-8H2,1-2H3,(H,19,22)/t10-,11-,12-,13-/m1/s1. The van der Waals surface area contributed by atoms with Crippen molar-refractivity contribution in [3.63, 3.8) is 0 Å². The number of hydrogen-bond donors (Lipinski definition) is 1. The zero-order chi connectivity index (χ0) is 15.9. The fourth-order valence-electron chi connectivity index (χ4n) is 4.25. The second-order valence-electron chi connectivity index (χ2n) is 6.86. The van der Waals surface area contributed by atoms with Crippen LogP contribution in [0.5, 0.6) is 0 Å². The van der Waals surface area contributed by atoms with Crippen LogP contribution in [0.15, 0.2) is 6.07 Å². The minimum Gasteiger partial charge on any atom is -0.352 e. The van der Waals surface area contributed by atoms with Gasteiger partial charge in [0.25, 0.3) is 6.43 Å². The summed E-state index contributed by atoms with van der Waals surface area (Å²) in [5.41, 5.74) is 0.310.